The second-order valence-electron chi connectivity index (χ2n) is 3.62. The van der Waals surface area contributed by atoms with E-state index in [1.54, 1.807) is 7.11 Å². The first-order chi connectivity index (χ1) is 6.31. The van der Waals surface area contributed by atoms with Crippen molar-refractivity contribution < 1.29 is 4.74 Å². The fourth-order valence-electron chi connectivity index (χ4n) is 1.79. The number of halogens is 1. The maximum absolute atomic E-state index is 5.89. The summed E-state index contributed by atoms with van der Waals surface area (Å²) in [6, 6.07) is 8.60. The van der Waals surface area contributed by atoms with Gasteiger partial charge in [0.1, 0.15) is 5.75 Å². The molecule has 1 fully saturated rings. The highest BCUT2D eigenvalue weighted by Gasteiger charge is 2.28. The zero-order chi connectivity index (χ0) is 9.26. The minimum Gasteiger partial charge on any atom is -0.497 e. The van der Waals surface area contributed by atoms with Gasteiger partial charge in [0, 0.05) is 6.04 Å². The molecular weight excluding hydrogens is 198 g/mol. The molecule has 2 atom stereocenters. The number of hydrogen-bond acceptors (Lipinski definition) is 2. The molecule has 1 aliphatic rings. The normalized spacial score (nSPS) is 24.7. The molecule has 0 amide bonds. The maximum Gasteiger partial charge on any atom is 0.118 e. The SMILES string of the molecule is COc1ccc([C@@H]2CC[C@@H]2N)cc1.Cl. The van der Waals surface area contributed by atoms with Crippen LogP contribution >= 0.6 is 12.4 Å². The van der Waals surface area contributed by atoms with Crippen LogP contribution in [-0.2, 0) is 0 Å². The summed E-state index contributed by atoms with van der Waals surface area (Å²) < 4.78 is 5.10. The van der Waals surface area contributed by atoms with Crippen LogP contribution in [0.15, 0.2) is 24.3 Å². The van der Waals surface area contributed by atoms with E-state index in [2.05, 4.69) is 12.1 Å². The Hall–Kier alpha value is -0.730. The molecule has 3 heteroatoms. The molecule has 1 aromatic carbocycles. The lowest BCUT2D eigenvalue weighted by Gasteiger charge is -2.33. The van der Waals surface area contributed by atoms with Crippen molar-refractivity contribution in [1.29, 1.82) is 0 Å². The van der Waals surface area contributed by atoms with Crippen LogP contribution in [0.25, 0.3) is 0 Å². The van der Waals surface area contributed by atoms with E-state index in [0.29, 0.717) is 12.0 Å². The summed E-state index contributed by atoms with van der Waals surface area (Å²) in [5, 5.41) is 0. The summed E-state index contributed by atoms with van der Waals surface area (Å²) in [6.07, 6.45) is 2.39. The molecule has 0 aromatic heterocycles. The van der Waals surface area contributed by atoms with E-state index >= 15 is 0 Å². The molecule has 0 unspecified atom stereocenters. The minimum absolute atomic E-state index is 0. The molecule has 0 aliphatic heterocycles. The van der Waals surface area contributed by atoms with Crippen molar-refractivity contribution >= 4 is 12.4 Å². The number of methoxy groups -OCH3 is 1. The standard InChI is InChI=1S/C11H15NO.ClH/c1-13-9-4-2-8(3-5-9)10-6-7-11(10)12;/h2-5,10-11H,6-7,12H2,1H3;1H/t10-,11-;/m0./s1. The average Bonchev–Trinajstić information content (AvgIpc) is 2.17. The third kappa shape index (κ3) is 2.02. The van der Waals surface area contributed by atoms with E-state index in [-0.39, 0.29) is 12.4 Å². The van der Waals surface area contributed by atoms with Crippen LogP contribution in [0.1, 0.15) is 24.3 Å². The number of benzene rings is 1. The lowest BCUT2D eigenvalue weighted by atomic mass is 9.76. The summed E-state index contributed by atoms with van der Waals surface area (Å²) in [6.45, 7) is 0. The first kappa shape index (κ1) is 11.3. The van der Waals surface area contributed by atoms with Gasteiger partial charge in [-0.25, -0.2) is 0 Å². The molecule has 0 heterocycles. The van der Waals surface area contributed by atoms with Gasteiger partial charge in [-0.1, -0.05) is 12.1 Å². The Morgan fingerprint density at radius 2 is 1.86 bits per heavy atom. The van der Waals surface area contributed by atoms with Crippen molar-refractivity contribution in [3.05, 3.63) is 29.8 Å². The van der Waals surface area contributed by atoms with Crippen molar-refractivity contribution in [2.24, 2.45) is 5.73 Å². The Balaban J connectivity index is 0.000000980. The molecule has 2 rings (SSSR count). The van der Waals surface area contributed by atoms with Gasteiger partial charge in [0.15, 0.2) is 0 Å². The molecular formula is C11H16ClNO. The van der Waals surface area contributed by atoms with Crippen molar-refractivity contribution in [2.75, 3.05) is 7.11 Å². The summed E-state index contributed by atoms with van der Waals surface area (Å²) >= 11 is 0. The molecule has 0 radical (unpaired) electrons. The van der Waals surface area contributed by atoms with Crippen molar-refractivity contribution in [3.63, 3.8) is 0 Å². The van der Waals surface area contributed by atoms with Gasteiger partial charge in [-0.2, -0.15) is 0 Å². The molecule has 0 bridgehead atoms. The van der Waals surface area contributed by atoms with Crippen molar-refractivity contribution in [3.8, 4) is 5.75 Å². The van der Waals surface area contributed by atoms with Gasteiger partial charge in [-0.05, 0) is 36.5 Å². The van der Waals surface area contributed by atoms with Crippen LogP contribution in [0.3, 0.4) is 0 Å². The monoisotopic (exact) mass is 213 g/mol. The van der Waals surface area contributed by atoms with Crippen molar-refractivity contribution in [2.45, 2.75) is 24.8 Å². The largest absolute Gasteiger partial charge is 0.497 e. The third-order valence-electron chi connectivity index (χ3n) is 2.87. The van der Waals surface area contributed by atoms with Gasteiger partial charge in [0.05, 0.1) is 7.11 Å². The lowest BCUT2D eigenvalue weighted by Crippen LogP contribution is -2.37. The predicted molar refractivity (Wildman–Crippen MR) is 60.2 cm³/mol. The first-order valence-electron chi connectivity index (χ1n) is 4.71. The number of nitrogens with two attached hydrogens (primary N) is 1. The van der Waals surface area contributed by atoms with Crippen LogP contribution < -0.4 is 10.5 Å². The Kier molecular flexibility index (Phi) is 3.78. The Bertz CT molecular complexity index is 286. The van der Waals surface area contributed by atoms with E-state index in [4.69, 9.17) is 10.5 Å². The fourth-order valence-corrected chi connectivity index (χ4v) is 1.79. The van der Waals surface area contributed by atoms with Gasteiger partial charge >= 0.3 is 0 Å². The topological polar surface area (TPSA) is 35.2 Å². The van der Waals surface area contributed by atoms with E-state index in [9.17, 15) is 0 Å². The molecule has 14 heavy (non-hydrogen) atoms. The second kappa shape index (κ2) is 4.67. The van der Waals surface area contributed by atoms with E-state index in [1.165, 1.54) is 12.0 Å². The molecule has 1 aliphatic carbocycles. The average molecular weight is 214 g/mol. The van der Waals surface area contributed by atoms with Gasteiger partial charge in [-0.15, -0.1) is 12.4 Å². The van der Waals surface area contributed by atoms with Crippen LogP contribution in [0.2, 0.25) is 0 Å². The fraction of sp³-hybridized carbons (Fsp3) is 0.455. The molecule has 2 nitrogen and oxygen atoms in total. The van der Waals surface area contributed by atoms with Gasteiger partial charge in [0.2, 0.25) is 0 Å². The third-order valence-corrected chi connectivity index (χ3v) is 2.87. The quantitative estimate of drug-likeness (QED) is 0.819. The smallest absolute Gasteiger partial charge is 0.118 e. The molecule has 1 saturated carbocycles. The maximum atomic E-state index is 5.89. The Morgan fingerprint density at radius 1 is 1.21 bits per heavy atom. The van der Waals surface area contributed by atoms with E-state index < -0.39 is 0 Å². The highest BCUT2D eigenvalue weighted by molar-refractivity contribution is 5.85. The molecule has 0 saturated heterocycles. The van der Waals surface area contributed by atoms with E-state index in [0.717, 1.165) is 12.2 Å². The summed E-state index contributed by atoms with van der Waals surface area (Å²) in [4.78, 5) is 0. The Labute approximate surface area is 90.9 Å². The predicted octanol–water partition coefficient (Wildman–Crippen LogP) is 2.32. The van der Waals surface area contributed by atoms with Crippen molar-refractivity contribution in [1.82, 2.24) is 0 Å². The zero-order valence-corrected chi connectivity index (χ0v) is 9.09. The molecule has 1 aromatic rings. The molecule has 78 valence electrons. The van der Waals surface area contributed by atoms with Gasteiger partial charge in [-0.3, -0.25) is 0 Å². The highest BCUT2D eigenvalue weighted by atomic mass is 35.5. The van der Waals surface area contributed by atoms with E-state index in [1.807, 2.05) is 12.1 Å². The Morgan fingerprint density at radius 3 is 2.21 bits per heavy atom. The van der Waals surface area contributed by atoms with Crippen LogP contribution in [0.5, 0.6) is 5.75 Å². The molecule has 0 spiro atoms. The van der Waals surface area contributed by atoms with Crippen LogP contribution in [0, 0.1) is 0 Å². The number of ether oxygens (including phenoxy) is 1. The second-order valence-corrected chi connectivity index (χ2v) is 3.62. The minimum atomic E-state index is 0. The zero-order valence-electron chi connectivity index (χ0n) is 8.27. The first-order valence-corrected chi connectivity index (χ1v) is 4.71. The summed E-state index contributed by atoms with van der Waals surface area (Å²) in [5.74, 6) is 1.49. The summed E-state index contributed by atoms with van der Waals surface area (Å²) in [7, 11) is 1.68. The highest BCUT2D eigenvalue weighted by Crippen LogP contribution is 2.35. The number of rotatable bonds is 2. The van der Waals surface area contributed by atoms with Crippen LogP contribution in [-0.4, -0.2) is 13.2 Å². The lowest BCUT2D eigenvalue weighted by molar-refractivity contribution is 0.346. The van der Waals surface area contributed by atoms with Crippen LogP contribution in [0.4, 0.5) is 0 Å². The number of hydrogen-bond donors (Lipinski definition) is 1. The summed E-state index contributed by atoms with van der Waals surface area (Å²) in [5.41, 5.74) is 7.24. The van der Waals surface area contributed by atoms with Gasteiger partial charge in [0.25, 0.3) is 0 Å². The molecule has 2 N–H and O–H groups in total. The van der Waals surface area contributed by atoms with Gasteiger partial charge < -0.3 is 10.5 Å².